The number of hydrogen-bond donors (Lipinski definition) is 0. The molecule has 102 valence electrons. The Hall–Kier alpha value is -1.05. The van der Waals surface area contributed by atoms with Crippen molar-refractivity contribution < 1.29 is 4.79 Å². The van der Waals surface area contributed by atoms with E-state index in [1.807, 2.05) is 11.1 Å². The van der Waals surface area contributed by atoms with Crippen LogP contribution in [-0.4, -0.2) is 17.4 Å². The zero-order valence-electron chi connectivity index (χ0n) is 12.0. The number of unbranched alkanes of at least 4 members (excludes halogenated alkanes) is 1. The second kappa shape index (κ2) is 8.96. The maximum absolute atomic E-state index is 11.9. The van der Waals surface area contributed by atoms with Gasteiger partial charge in [-0.05, 0) is 31.8 Å². The molecule has 1 aliphatic heterocycles. The van der Waals surface area contributed by atoms with E-state index in [2.05, 4.69) is 26.0 Å². The van der Waals surface area contributed by atoms with Crippen LogP contribution in [0.5, 0.6) is 0 Å². The lowest BCUT2D eigenvalue weighted by Crippen LogP contribution is -2.24. The molecule has 0 saturated carbocycles. The van der Waals surface area contributed by atoms with Crippen LogP contribution in [0, 0.1) is 0 Å². The summed E-state index contributed by atoms with van der Waals surface area (Å²) >= 11 is 0. The molecule has 18 heavy (non-hydrogen) atoms. The van der Waals surface area contributed by atoms with Crippen LogP contribution >= 0.6 is 0 Å². The quantitative estimate of drug-likeness (QED) is 0.638. The third kappa shape index (κ3) is 5.52. The molecular formula is C16H27NO. The highest BCUT2D eigenvalue weighted by Crippen LogP contribution is 2.14. The number of carbonyl (C=O) groups is 1. The van der Waals surface area contributed by atoms with E-state index in [-0.39, 0.29) is 5.91 Å². The van der Waals surface area contributed by atoms with Crippen LogP contribution in [0.25, 0.3) is 0 Å². The standard InChI is InChI=1S/C16H27NO/c1-3-5-10-15(9-4-2)12-14-17-13-8-6-7-11-16(17)18/h10,12,14H,3-9,11,13H2,1-2H3/b14-12+,15-10+. The van der Waals surface area contributed by atoms with Gasteiger partial charge < -0.3 is 4.90 Å². The first-order valence-electron chi connectivity index (χ1n) is 7.44. The third-order valence-electron chi connectivity index (χ3n) is 3.31. The van der Waals surface area contributed by atoms with Crippen molar-refractivity contribution in [2.75, 3.05) is 6.54 Å². The molecule has 2 nitrogen and oxygen atoms in total. The molecule has 1 aliphatic rings. The zero-order chi connectivity index (χ0) is 13.2. The smallest absolute Gasteiger partial charge is 0.226 e. The van der Waals surface area contributed by atoms with Gasteiger partial charge in [0.05, 0.1) is 0 Å². The number of likely N-dealkylation sites (tertiary alicyclic amines) is 1. The fraction of sp³-hybridized carbons (Fsp3) is 0.688. The molecule has 1 heterocycles. The summed E-state index contributed by atoms with van der Waals surface area (Å²) in [6, 6.07) is 0. The monoisotopic (exact) mass is 249 g/mol. The molecule has 0 spiro atoms. The van der Waals surface area contributed by atoms with Gasteiger partial charge in [-0.25, -0.2) is 0 Å². The second-order valence-electron chi connectivity index (χ2n) is 5.03. The van der Waals surface area contributed by atoms with Crippen molar-refractivity contribution in [2.24, 2.45) is 0 Å². The van der Waals surface area contributed by atoms with E-state index in [0.29, 0.717) is 6.42 Å². The molecule has 0 bridgehead atoms. The molecule has 2 heteroatoms. The van der Waals surface area contributed by atoms with E-state index in [1.54, 1.807) is 0 Å². The summed E-state index contributed by atoms with van der Waals surface area (Å²) in [6.07, 6.45) is 15.1. The Kier molecular flexibility index (Phi) is 7.47. The Morgan fingerprint density at radius 3 is 2.78 bits per heavy atom. The van der Waals surface area contributed by atoms with Gasteiger partial charge in [0.2, 0.25) is 5.91 Å². The second-order valence-corrected chi connectivity index (χ2v) is 5.03. The zero-order valence-corrected chi connectivity index (χ0v) is 12.0. The summed E-state index contributed by atoms with van der Waals surface area (Å²) in [4.78, 5) is 13.8. The number of hydrogen-bond acceptors (Lipinski definition) is 1. The molecule has 0 N–H and O–H groups in total. The predicted molar refractivity (Wildman–Crippen MR) is 77.2 cm³/mol. The van der Waals surface area contributed by atoms with Gasteiger partial charge in [0.15, 0.2) is 0 Å². The minimum atomic E-state index is 0.287. The van der Waals surface area contributed by atoms with Crippen molar-refractivity contribution in [2.45, 2.75) is 65.2 Å². The highest BCUT2D eigenvalue weighted by atomic mass is 16.2. The lowest BCUT2D eigenvalue weighted by molar-refractivity contribution is -0.128. The van der Waals surface area contributed by atoms with Crippen molar-refractivity contribution in [3.8, 4) is 0 Å². The van der Waals surface area contributed by atoms with Crippen molar-refractivity contribution in [3.63, 3.8) is 0 Å². The summed E-state index contributed by atoms with van der Waals surface area (Å²) in [5.41, 5.74) is 1.37. The molecule has 1 amide bonds. The fourth-order valence-corrected chi connectivity index (χ4v) is 2.22. The third-order valence-corrected chi connectivity index (χ3v) is 3.31. The molecule has 0 atom stereocenters. The average molecular weight is 249 g/mol. The summed E-state index contributed by atoms with van der Waals surface area (Å²) in [5, 5.41) is 0. The first-order valence-corrected chi connectivity index (χ1v) is 7.44. The van der Waals surface area contributed by atoms with Crippen molar-refractivity contribution in [1.82, 2.24) is 4.90 Å². The van der Waals surface area contributed by atoms with Gasteiger partial charge in [0, 0.05) is 19.2 Å². The maximum Gasteiger partial charge on any atom is 0.226 e. The molecule has 1 fully saturated rings. The Balaban J connectivity index is 2.59. The number of amides is 1. The molecule has 0 aromatic carbocycles. The molecule has 0 aromatic rings. The van der Waals surface area contributed by atoms with Gasteiger partial charge in [-0.15, -0.1) is 0 Å². The number of rotatable bonds is 6. The first kappa shape index (κ1) is 15.0. The van der Waals surface area contributed by atoms with Crippen molar-refractivity contribution >= 4 is 5.91 Å². The fourth-order valence-electron chi connectivity index (χ4n) is 2.22. The van der Waals surface area contributed by atoms with E-state index in [9.17, 15) is 4.79 Å². The summed E-state index contributed by atoms with van der Waals surface area (Å²) in [6.45, 7) is 5.29. The van der Waals surface area contributed by atoms with Crippen LogP contribution in [0.2, 0.25) is 0 Å². The van der Waals surface area contributed by atoms with Crippen LogP contribution in [0.4, 0.5) is 0 Å². The molecule has 1 rings (SSSR count). The van der Waals surface area contributed by atoms with Crippen molar-refractivity contribution in [3.05, 3.63) is 23.9 Å². The Morgan fingerprint density at radius 2 is 2.06 bits per heavy atom. The lowest BCUT2D eigenvalue weighted by Gasteiger charge is -2.15. The largest absolute Gasteiger partial charge is 0.319 e. The minimum absolute atomic E-state index is 0.287. The highest BCUT2D eigenvalue weighted by Gasteiger charge is 2.13. The SMILES string of the molecule is CCC/C=C(/C=C/N1CCCCCC1=O)CCC. The predicted octanol–water partition coefficient (Wildman–Crippen LogP) is 4.43. The first-order chi connectivity index (χ1) is 8.77. The van der Waals surface area contributed by atoms with E-state index in [0.717, 1.165) is 38.6 Å². The summed E-state index contributed by atoms with van der Waals surface area (Å²) in [7, 11) is 0. The normalized spacial score (nSPS) is 18.4. The van der Waals surface area contributed by atoms with Gasteiger partial charge in [0.25, 0.3) is 0 Å². The lowest BCUT2D eigenvalue weighted by atomic mass is 10.1. The summed E-state index contributed by atoms with van der Waals surface area (Å²) < 4.78 is 0. The van der Waals surface area contributed by atoms with Gasteiger partial charge in [-0.3, -0.25) is 4.79 Å². The van der Waals surface area contributed by atoms with Crippen LogP contribution in [0.15, 0.2) is 23.9 Å². The highest BCUT2D eigenvalue weighted by molar-refractivity contribution is 5.77. The number of carbonyl (C=O) groups excluding carboxylic acids is 1. The maximum atomic E-state index is 11.9. The number of allylic oxidation sites excluding steroid dienone is 3. The van der Waals surface area contributed by atoms with Gasteiger partial charge in [0.1, 0.15) is 0 Å². The molecule has 0 radical (unpaired) electrons. The molecule has 1 saturated heterocycles. The van der Waals surface area contributed by atoms with Crippen LogP contribution in [0.1, 0.15) is 65.2 Å². The van der Waals surface area contributed by atoms with Crippen LogP contribution in [-0.2, 0) is 4.79 Å². The Labute approximate surface area is 112 Å². The number of nitrogens with zero attached hydrogens (tertiary/aromatic N) is 1. The van der Waals surface area contributed by atoms with Gasteiger partial charge >= 0.3 is 0 Å². The molecule has 0 unspecified atom stereocenters. The topological polar surface area (TPSA) is 20.3 Å². The Morgan fingerprint density at radius 1 is 1.22 bits per heavy atom. The average Bonchev–Trinajstić information content (AvgIpc) is 2.58. The van der Waals surface area contributed by atoms with E-state index in [1.165, 1.54) is 18.4 Å². The van der Waals surface area contributed by atoms with E-state index < -0.39 is 0 Å². The van der Waals surface area contributed by atoms with Crippen molar-refractivity contribution in [1.29, 1.82) is 0 Å². The van der Waals surface area contributed by atoms with Crippen LogP contribution in [0.3, 0.4) is 0 Å². The molecular weight excluding hydrogens is 222 g/mol. The molecule has 0 aromatic heterocycles. The summed E-state index contributed by atoms with van der Waals surface area (Å²) in [5.74, 6) is 0.287. The molecule has 0 aliphatic carbocycles. The van der Waals surface area contributed by atoms with Gasteiger partial charge in [-0.2, -0.15) is 0 Å². The van der Waals surface area contributed by atoms with E-state index in [4.69, 9.17) is 0 Å². The Bertz CT molecular complexity index is 304. The van der Waals surface area contributed by atoms with Gasteiger partial charge in [-0.1, -0.05) is 44.8 Å². The van der Waals surface area contributed by atoms with E-state index >= 15 is 0 Å². The minimum Gasteiger partial charge on any atom is -0.319 e. The van der Waals surface area contributed by atoms with Crippen LogP contribution < -0.4 is 0 Å².